The number of aromatic carboxylic acids is 1. The molecule has 0 spiro atoms. The summed E-state index contributed by atoms with van der Waals surface area (Å²) in [5, 5.41) is 12.9. The minimum atomic E-state index is -0.964. The van der Waals surface area contributed by atoms with Gasteiger partial charge >= 0.3 is 5.97 Å². The van der Waals surface area contributed by atoms with Crippen LogP contribution in [-0.4, -0.2) is 36.6 Å². The average Bonchev–Trinajstić information content (AvgIpc) is 2.62. The van der Waals surface area contributed by atoms with E-state index in [0.29, 0.717) is 31.3 Å². The topological polar surface area (TPSA) is 77.3 Å². The first-order valence-corrected chi connectivity index (χ1v) is 7.96. The number of hydrogen-bond acceptors (Lipinski definition) is 5. The molecule has 6 heteroatoms. The summed E-state index contributed by atoms with van der Waals surface area (Å²) in [6.45, 7) is 5.38. The van der Waals surface area contributed by atoms with E-state index in [1.807, 2.05) is 38.1 Å². The molecule has 0 aliphatic carbocycles. The summed E-state index contributed by atoms with van der Waals surface area (Å²) in [5.41, 5.74) is 1.90. The summed E-state index contributed by atoms with van der Waals surface area (Å²) < 4.78 is 10.9. The highest BCUT2D eigenvalue weighted by Crippen LogP contribution is 2.22. The van der Waals surface area contributed by atoms with Gasteiger partial charge in [0, 0.05) is 6.61 Å². The smallest absolute Gasteiger partial charge is 0.335 e. The third-order valence-electron chi connectivity index (χ3n) is 3.33. The van der Waals surface area contributed by atoms with Crippen molar-refractivity contribution in [3.8, 4) is 11.5 Å². The van der Waals surface area contributed by atoms with Gasteiger partial charge < -0.3 is 19.4 Å². The van der Waals surface area contributed by atoms with Gasteiger partial charge in [-0.15, -0.1) is 0 Å². The summed E-state index contributed by atoms with van der Waals surface area (Å²) >= 11 is 0. The summed E-state index contributed by atoms with van der Waals surface area (Å²) in [6, 6.07) is 13.6. The van der Waals surface area contributed by atoms with Crippen LogP contribution in [0.25, 0.3) is 0 Å². The lowest BCUT2D eigenvalue weighted by molar-refractivity contribution is 0.0562. The second-order valence-corrected chi connectivity index (χ2v) is 5.16. The molecule has 0 unspecified atom stereocenters. The van der Waals surface area contributed by atoms with Crippen LogP contribution in [-0.2, 0) is 9.57 Å². The van der Waals surface area contributed by atoms with Crippen molar-refractivity contribution in [1.82, 2.24) is 0 Å². The summed E-state index contributed by atoms with van der Waals surface area (Å²) in [4.78, 5) is 16.0. The molecule has 0 heterocycles. The van der Waals surface area contributed by atoms with Crippen LogP contribution in [0.4, 0.5) is 0 Å². The zero-order valence-corrected chi connectivity index (χ0v) is 14.3. The monoisotopic (exact) mass is 343 g/mol. The standard InChI is InChI=1S/C19H21NO5/c1-3-23-12-13-24-20-14(2)15-4-8-17(9-5-15)25-18-10-6-16(7-11-18)19(21)22/h4-11H,3,12-13H2,1-2H3,(H,21,22)/b20-14+. The zero-order valence-electron chi connectivity index (χ0n) is 14.3. The molecular weight excluding hydrogens is 322 g/mol. The number of ether oxygens (including phenoxy) is 2. The number of nitrogens with zero attached hydrogens (tertiary/aromatic N) is 1. The van der Waals surface area contributed by atoms with E-state index < -0.39 is 5.97 Å². The fraction of sp³-hybridized carbons (Fsp3) is 0.263. The van der Waals surface area contributed by atoms with E-state index >= 15 is 0 Å². The van der Waals surface area contributed by atoms with E-state index in [2.05, 4.69) is 5.16 Å². The molecule has 0 bridgehead atoms. The van der Waals surface area contributed by atoms with Crippen LogP contribution in [0.2, 0.25) is 0 Å². The fourth-order valence-corrected chi connectivity index (χ4v) is 2.00. The number of carboxylic acid groups (broad SMARTS) is 1. The number of oxime groups is 1. The van der Waals surface area contributed by atoms with E-state index in [4.69, 9.17) is 19.4 Å². The molecule has 0 saturated carbocycles. The molecule has 0 aliphatic heterocycles. The van der Waals surface area contributed by atoms with Gasteiger partial charge in [-0.05, 0) is 67.9 Å². The maximum atomic E-state index is 10.8. The molecular formula is C19H21NO5. The third-order valence-corrected chi connectivity index (χ3v) is 3.33. The molecule has 1 N–H and O–H groups in total. The van der Waals surface area contributed by atoms with Crippen LogP contribution in [0.3, 0.4) is 0 Å². The van der Waals surface area contributed by atoms with Crippen molar-refractivity contribution in [3.63, 3.8) is 0 Å². The third kappa shape index (κ3) is 5.93. The largest absolute Gasteiger partial charge is 0.478 e. The second kappa shape index (κ2) is 9.44. The Bertz CT molecular complexity index is 708. The number of rotatable bonds is 9. The molecule has 0 radical (unpaired) electrons. The highest BCUT2D eigenvalue weighted by molar-refractivity contribution is 5.98. The average molecular weight is 343 g/mol. The highest BCUT2D eigenvalue weighted by Gasteiger charge is 2.04. The molecule has 25 heavy (non-hydrogen) atoms. The van der Waals surface area contributed by atoms with E-state index in [1.54, 1.807) is 12.1 Å². The van der Waals surface area contributed by atoms with Gasteiger partial charge in [-0.2, -0.15) is 0 Å². The number of carboxylic acids is 1. The Balaban J connectivity index is 1.92. The van der Waals surface area contributed by atoms with Crippen molar-refractivity contribution in [2.45, 2.75) is 13.8 Å². The lowest BCUT2D eigenvalue weighted by Gasteiger charge is -2.07. The highest BCUT2D eigenvalue weighted by atomic mass is 16.6. The van der Waals surface area contributed by atoms with Gasteiger partial charge in [0.05, 0.1) is 17.9 Å². The van der Waals surface area contributed by atoms with E-state index in [9.17, 15) is 4.79 Å². The van der Waals surface area contributed by atoms with Crippen molar-refractivity contribution in [2.24, 2.45) is 5.16 Å². The molecule has 6 nitrogen and oxygen atoms in total. The summed E-state index contributed by atoms with van der Waals surface area (Å²) in [7, 11) is 0. The van der Waals surface area contributed by atoms with Gasteiger partial charge in [0.25, 0.3) is 0 Å². The minimum Gasteiger partial charge on any atom is -0.478 e. The van der Waals surface area contributed by atoms with E-state index in [0.717, 1.165) is 11.3 Å². The maximum Gasteiger partial charge on any atom is 0.335 e. The molecule has 0 atom stereocenters. The Kier molecular flexibility index (Phi) is 6.98. The second-order valence-electron chi connectivity index (χ2n) is 5.16. The molecule has 0 aromatic heterocycles. The Labute approximate surface area is 146 Å². The first kappa shape index (κ1) is 18.5. The molecule has 132 valence electrons. The van der Waals surface area contributed by atoms with Crippen LogP contribution in [0.15, 0.2) is 53.7 Å². The van der Waals surface area contributed by atoms with Crippen molar-refractivity contribution in [1.29, 1.82) is 0 Å². The van der Waals surface area contributed by atoms with Gasteiger partial charge in [0.1, 0.15) is 18.1 Å². The van der Waals surface area contributed by atoms with Gasteiger partial charge in [-0.3, -0.25) is 0 Å². The van der Waals surface area contributed by atoms with Crippen molar-refractivity contribution in [3.05, 3.63) is 59.7 Å². The molecule has 2 aromatic carbocycles. The predicted octanol–water partition coefficient (Wildman–Crippen LogP) is 3.95. The quantitative estimate of drug-likeness (QED) is 0.424. The normalized spacial score (nSPS) is 11.2. The molecule has 0 fully saturated rings. The minimum absolute atomic E-state index is 0.221. The summed E-state index contributed by atoms with van der Waals surface area (Å²) in [5.74, 6) is 0.258. The van der Waals surface area contributed by atoms with Crippen LogP contribution >= 0.6 is 0 Å². The van der Waals surface area contributed by atoms with Crippen LogP contribution in [0.5, 0.6) is 11.5 Å². The van der Waals surface area contributed by atoms with Crippen molar-refractivity contribution < 1.29 is 24.2 Å². The lowest BCUT2D eigenvalue weighted by atomic mass is 10.1. The van der Waals surface area contributed by atoms with Gasteiger partial charge in [-0.1, -0.05) is 5.16 Å². The van der Waals surface area contributed by atoms with E-state index in [-0.39, 0.29) is 5.56 Å². The van der Waals surface area contributed by atoms with Gasteiger partial charge in [0.2, 0.25) is 0 Å². The number of hydrogen-bond donors (Lipinski definition) is 1. The van der Waals surface area contributed by atoms with Crippen molar-refractivity contribution in [2.75, 3.05) is 19.8 Å². The van der Waals surface area contributed by atoms with Gasteiger partial charge in [-0.25, -0.2) is 4.79 Å². The van der Waals surface area contributed by atoms with Crippen molar-refractivity contribution >= 4 is 11.7 Å². The van der Waals surface area contributed by atoms with Crippen LogP contribution in [0, 0.1) is 0 Å². The SMILES string of the molecule is CCOCCO/N=C(\C)c1ccc(Oc2ccc(C(=O)O)cc2)cc1. The lowest BCUT2D eigenvalue weighted by Crippen LogP contribution is -2.03. The van der Waals surface area contributed by atoms with Crippen LogP contribution < -0.4 is 4.74 Å². The molecule has 0 aliphatic rings. The van der Waals surface area contributed by atoms with Gasteiger partial charge in [0.15, 0.2) is 0 Å². The van der Waals surface area contributed by atoms with E-state index in [1.165, 1.54) is 12.1 Å². The maximum absolute atomic E-state index is 10.8. The number of carbonyl (C=O) groups is 1. The Morgan fingerprint density at radius 1 is 0.960 bits per heavy atom. The molecule has 0 saturated heterocycles. The molecule has 0 amide bonds. The van der Waals surface area contributed by atoms with Crippen LogP contribution in [0.1, 0.15) is 29.8 Å². The zero-order chi connectivity index (χ0) is 18.1. The Morgan fingerprint density at radius 3 is 2.04 bits per heavy atom. The molecule has 2 aromatic rings. The molecule has 2 rings (SSSR count). The fourth-order valence-electron chi connectivity index (χ4n) is 2.00. The summed E-state index contributed by atoms with van der Waals surface area (Å²) in [6.07, 6.45) is 0. The Hall–Kier alpha value is -2.86. The first-order chi connectivity index (χ1) is 12.1. The Morgan fingerprint density at radius 2 is 1.52 bits per heavy atom. The first-order valence-electron chi connectivity index (χ1n) is 7.96. The predicted molar refractivity (Wildman–Crippen MR) is 94.6 cm³/mol. The number of benzene rings is 2.